The molecule has 0 spiro atoms. The second-order valence-corrected chi connectivity index (χ2v) is 7.24. The Morgan fingerprint density at radius 1 is 1.03 bits per heavy atom. The van der Waals surface area contributed by atoms with Crippen LogP contribution in [0.15, 0.2) is 33.5 Å². The van der Waals surface area contributed by atoms with E-state index < -0.39 is 42.7 Å². The highest BCUT2D eigenvalue weighted by molar-refractivity contribution is 5.97. The summed E-state index contributed by atoms with van der Waals surface area (Å²) in [4.78, 5) is 13.1. The number of hydrogen-bond donors (Lipinski definition) is 5. The van der Waals surface area contributed by atoms with Gasteiger partial charge in [-0.3, -0.25) is 4.79 Å². The molecule has 11 heteroatoms. The Labute approximate surface area is 180 Å². The SMILES string of the molecule is COc1cc(O)c2c(=O)c3cc(O[C@H]4O[C@@H](CO)[C@H](O)[C@H](O)[C@@H]4O)ccc3oc2c1OC. The first-order valence-corrected chi connectivity index (χ1v) is 9.62. The Morgan fingerprint density at radius 3 is 2.44 bits per heavy atom. The number of phenols is 1. The topological polar surface area (TPSA) is 168 Å². The maximum Gasteiger partial charge on any atom is 0.229 e. The number of methoxy groups -OCH3 is 2. The number of hydrogen-bond acceptors (Lipinski definition) is 11. The fraction of sp³-hybridized carbons (Fsp3) is 0.381. The van der Waals surface area contributed by atoms with E-state index in [0.717, 1.165) is 0 Å². The smallest absolute Gasteiger partial charge is 0.229 e. The number of phenolic OH excluding ortho intramolecular Hbond substituents is 1. The summed E-state index contributed by atoms with van der Waals surface area (Å²) in [6.45, 7) is -0.608. The van der Waals surface area contributed by atoms with Gasteiger partial charge in [0.25, 0.3) is 0 Å². The molecule has 1 aliphatic heterocycles. The average Bonchev–Trinajstić information content (AvgIpc) is 2.79. The van der Waals surface area contributed by atoms with Gasteiger partial charge in [0.15, 0.2) is 11.3 Å². The molecule has 0 radical (unpaired) electrons. The summed E-state index contributed by atoms with van der Waals surface area (Å²) >= 11 is 0. The highest BCUT2D eigenvalue weighted by Crippen LogP contribution is 2.41. The Bertz CT molecular complexity index is 1200. The molecule has 5 N–H and O–H groups in total. The summed E-state index contributed by atoms with van der Waals surface area (Å²) in [5.74, 6) is 0.0329. The maximum absolute atomic E-state index is 13.1. The zero-order valence-corrected chi connectivity index (χ0v) is 17.1. The lowest BCUT2D eigenvalue weighted by molar-refractivity contribution is -0.277. The Balaban J connectivity index is 1.78. The fourth-order valence-corrected chi connectivity index (χ4v) is 3.66. The largest absolute Gasteiger partial charge is 0.507 e. The zero-order valence-electron chi connectivity index (χ0n) is 17.1. The van der Waals surface area contributed by atoms with Crippen molar-refractivity contribution in [2.75, 3.05) is 20.8 Å². The predicted molar refractivity (Wildman–Crippen MR) is 109 cm³/mol. The van der Waals surface area contributed by atoms with Crippen molar-refractivity contribution in [3.05, 3.63) is 34.5 Å². The molecule has 1 fully saturated rings. The van der Waals surface area contributed by atoms with Gasteiger partial charge in [-0.1, -0.05) is 0 Å². The van der Waals surface area contributed by atoms with Gasteiger partial charge in [0, 0.05) is 6.07 Å². The molecule has 3 aromatic rings. The third kappa shape index (κ3) is 3.49. The third-order valence-electron chi connectivity index (χ3n) is 5.34. The van der Waals surface area contributed by atoms with E-state index >= 15 is 0 Å². The van der Waals surface area contributed by atoms with Crippen molar-refractivity contribution < 1.29 is 48.9 Å². The summed E-state index contributed by atoms with van der Waals surface area (Å²) in [5, 5.41) is 49.6. The van der Waals surface area contributed by atoms with Crippen LogP contribution >= 0.6 is 0 Å². The Morgan fingerprint density at radius 2 is 1.78 bits per heavy atom. The number of aromatic hydroxyl groups is 1. The standard InChI is InChI=1S/C21H22O11/c1-28-12-6-10(23)14-15(24)9-5-8(3-4-11(9)31-20(14)19(12)29-2)30-21-18(27)17(26)16(25)13(7-22)32-21/h3-6,13,16-18,21-23,25-27H,7H2,1-2H3/t13-,16-,17-,18-,21-/m0/s1. The molecule has 1 aliphatic rings. The lowest BCUT2D eigenvalue weighted by atomic mass is 9.99. The molecule has 172 valence electrons. The fourth-order valence-electron chi connectivity index (χ4n) is 3.66. The van der Waals surface area contributed by atoms with Gasteiger partial charge in [-0.05, 0) is 18.2 Å². The molecule has 2 aromatic carbocycles. The van der Waals surface area contributed by atoms with Crippen LogP contribution in [0.4, 0.5) is 0 Å². The van der Waals surface area contributed by atoms with E-state index in [1.54, 1.807) is 0 Å². The molecule has 1 saturated heterocycles. The van der Waals surface area contributed by atoms with Crippen LogP contribution in [0.1, 0.15) is 0 Å². The van der Waals surface area contributed by atoms with E-state index in [9.17, 15) is 30.3 Å². The van der Waals surface area contributed by atoms with Gasteiger partial charge < -0.3 is 48.9 Å². The molecule has 0 saturated carbocycles. The van der Waals surface area contributed by atoms with Crippen LogP contribution in [0.2, 0.25) is 0 Å². The van der Waals surface area contributed by atoms with Gasteiger partial charge in [-0.25, -0.2) is 0 Å². The highest BCUT2D eigenvalue weighted by Gasteiger charge is 2.44. The molecule has 0 bridgehead atoms. The normalized spacial score (nSPS) is 25.8. The first kappa shape index (κ1) is 22.1. The van der Waals surface area contributed by atoms with Crippen molar-refractivity contribution in [1.29, 1.82) is 0 Å². The minimum atomic E-state index is -1.61. The molecular formula is C21H22O11. The highest BCUT2D eigenvalue weighted by atomic mass is 16.7. The quantitative estimate of drug-likeness (QED) is 0.328. The van der Waals surface area contributed by atoms with Gasteiger partial charge in [0.05, 0.1) is 26.2 Å². The van der Waals surface area contributed by atoms with Crippen LogP contribution in [0.5, 0.6) is 23.0 Å². The number of benzene rings is 2. The lowest BCUT2D eigenvalue weighted by Crippen LogP contribution is -2.60. The van der Waals surface area contributed by atoms with E-state index in [2.05, 4.69) is 0 Å². The van der Waals surface area contributed by atoms with Crippen molar-refractivity contribution in [2.24, 2.45) is 0 Å². The molecular weight excluding hydrogens is 428 g/mol. The van der Waals surface area contributed by atoms with Crippen LogP contribution < -0.4 is 19.6 Å². The first-order valence-electron chi connectivity index (χ1n) is 9.62. The van der Waals surface area contributed by atoms with Crippen LogP contribution in [0, 0.1) is 0 Å². The summed E-state index contributed by atoms with van der Waals surface area (Å²) in [5.41, 5.74) is -0.405. The molecule has 32 heavy (non-hydrogen) atoms. The van der Waals surface area contributed by atoms with Crippen molar-refractivity contribution >= 4 is 21.9 Å². The molecule has 0 unspecified atom stereocenters. The molecule has 0 amide bonds. The van der Waals surface area contributed by atoms with Crippen molar-refractivity contribution in [1.82, 2.24) is 0 Å². The minimum absolute atomic E-state index is 0.00412. The number of ether oxygens (including phenoxy) is 4. The van der Waals surface area contributed by atoms with Gasteiger partial charge in [-0.15, -0.1) is 0 Å². The minimum Gasteiger partial charge on any atom is -0.507 e. The Kier molecular flexibility index (Phi) is 5.84. The third-order valence-corrected chi connectivity index (χ3v) is 5.34. The molecule has 11 nitrogen and oxygen atoms in total. The molecule has 1 aromatic heterocycles. The average molecular weight is 450 g/mol. The lowest BCUT2D eigenvalue weighted by Gasteiger charge is -2.39. The van der Waals surface area contributed by atoms with E-state index in [-0.39, 0.29) is 44.9 Å². The Hall–Kier alpha value is -3.09. The molecule has 0 aliphatic carbocycles. The predicted octanol–water partition coefficient (Wildman–Crippen LogP) is -0.152. The van der Waals surface area contributed by atoms with Crippen molar-refractivity contribution in [3.8, 4) is 23.0 Å². The second kappa shape index (κ2) is 8.45. The first-order chi connectivity index (χ1) is 15.3. The van der Waals surface area contributed by atoms with E-state index in [0.29, 0.717) is 0 Å². The molecule has 2 heterocycles. The van der Waals surface area contributed by atoms with E-state index in [4.69, 9.17) is 23.4 Å². The number of fused-ring (bicyclic) bond motifs is 2. The van der Waals surface area contributed by atoms with Gasteiger partial charge in [0.1, 0.15) is 46.9 Å². The van der Waals surface area contributed by atoms with Crippen molar-refractivity contribution in [2.45, 2.75) is 30.7 Å². The monoisotopic (exact) mass is 450 g/mol. The maximum atomic E-state index is 13.1. The summed E-state index contributed by atoms with van der Waals surface area (Å²) in [6, 6.07) is 5.42. The van der Waals surface area contributed by atoms with E-state index in [1.807, 2.05) is 0 Å². The van der Waals surface area contributed by atoms with Crippen molar-refractivity contribution in [3.63, 3.8) is 0 Å². The summed E-state index contributed by atoms with van der Waals surface area (Å²) < 4.78 is 27.1. The van der Waals surface area contributed by atoms with Gasteiger partial charge in [-0.2, -0.15) is 0 Å². The van der Waals surface area contributed by atoms with E-state index in [1.165, 1.54) is 38.5 Å². The summed E-state index contributed by atoms with van der Waals surface area (Å²) in [6.07, 6.45) is -7.32. The molecule has 4 rings (SSSR count). The molecule has 5 atom stereocenters. The van der Waals surface area contributed by atoms with Crippen LogP contribution in [0.25, 0.3) is 21.9 Å². The van der Waals surface area contributed by atoms with Crippen LogP contribution in [0.3, 0.4) is 0 Å². The summed E-state index contributed by atoms with van der Waals surface area (Å²) in [7, 11) is 2.75. The van der Waals surface area contributed by atoms with Crippen LogP contribution in [-0.2, 0) is 4.74 Å². The van der Waals surface area contributed by atoms with Gasteiger partial charge in [0.2, 0.25) is 17.5 Å². The van der Waals surface area contributed by atoms with Crippen LogP contribution in [-0.4, -0.2) is 77.1 Å². The zero-order chi connectivity index (χ0) is 23.2. The van der Waals surface area contributed by atoms with Gasteiger partial charge >= 0.3 is 0 Å². The second-order valence-electron chi connectivity index (χ2n) is 7.24. The number of aliphatic hydroxyl groups excluding tert-OH is 4. The number of aliphatic hydroxyl groups is 4. The number of rotatable bonds is 5.